The Labute approximate surface area is 110 Å². The first-order valence-corrected chi connectivity index (χ1v) is 6.32. The molecule has 1 aromatic heterocycles. The molecule has 0 aliphatic heterocycles. The molecule has 1 amide bonds. The number of imidazole rings is 1. The number of hydrogen-bond acceptors (Lipinski definition) is 3. The normalized spacial score (nSPS) is 12.5. The molecule has 0 aliphatic carbocycles. The maximum atomic E-state index is 11.8. The summed E-state index contributed by atoms with van der Waals surface area (Å²) in [6.45, 7) is 2.72. The number of nitrogens with two attached hydrogens (primary N) is 1. The topological polar surface area (TPSA) is 104 Å². The number of aromatic amines is 2. The third-order valence-electron chi connectivity index (χ3n) is 3.20. The lowest BCUT2D eigenvalue weighted by molar-refractivity contribution is -0.124. The second kappa shape index (κ2) is 5.71. The van der Waals surface area contributed by atoms with Crippen LogP contribution >= 0.6 is 0 Å². The molecular weight excluding hydrogens is 244 g/mol. The van der Waals surface area contributed by atoms with E-state index < -0.39 is 0 Å². The fraction of sp³-hybridized carbons (Fsp3) is 0.385. The minimum Gasteiger partial charge on any atom is -0.352 e. The van der Waals surface area contributed by atoms with Crippen LogP contribution in [0.25, 0.3) is 11.0 Å². The van der Waals surface area contributed by atoms with Crippen molar-refractivity contribution in [2.45, 2.75) is 19.9 Å². The summed E-state index contributed by atoms with van der Waals surface area (Å²) in [6.07, 6.45) is 0.729. The SMILES string of the molecule is CCC(CN)C(=O)NCc1ccc2[nH]c(=O)[nH]c2c1. The van der Waals surface area contributed by atoms with Gasteiger partial charge in [0, 0.05) is 19.0 Å². The van der Waals surface area contributed by atoms with Crippen LogP contribution in [0, 0.1) is 5.92 Å². The van der Waals surface area contributed by atoms with Crippen molar-refractivity contribution >= 4 is 16.9 Å². The van der Waals surface area contributed by atoms with Crippen LogP contribution in [-0.4, -0.2) is 22.4 Å². The molecule has 2 aromatic rings. The fourth-order valence-corrected chi connectivity index (χ4v) is 1.98. The predicted octanol–water partition coefficient (Wildman–Crippen LogP) is 0.457. The summed E-state index contributed by atoms with van der Waals surface area (Å²) < 4.78 is 0. The van der Waals surface area contributed by atoms with Gasteiger partial charge in [0.05, 0.1) is 11.0 Å². The zero-order valence-corrected chi connectivity index (χ0v) is 10.8. The lowest BCUT2D eigenvalue weighted by Crippen LogP contribution is -2.34. The number of carbonyl (C=O) groups is 1. The number of H-pyrrole nitrogens is 2. The van der Waals surface area contributed by atoms with Crippen LogP contribution in [0.1, 0.15) is 18.9 Å². The van der Waals surface area contributed by atoms with Crippen LogP contribution in [0.3, 0.4) is 0 Å². The standard InChI is InChI=1S/C13H18N4O2/c1-2-9(6-14)12(18)15-7-8-3-4-10-11(5-8)17-13(19)16-10/h3-5,9H,2,6-7,14H2,1H3,(H,15,18)(H2,16,17,19). The van der Waals surface area contributed by atoms with Gasteiger partial charge >= 0.3 is 5.69 Å². The number of amides is 1. The number of nitrogens with one attached hydrogen (secondary N) is 3. The molecule has 5 N–H and O–H groups in total. The van der Waals surface area contributed by atoms with E-state index in [0.29, 0.717) is 13.1 Å². The molecule has 19 heavy (non-hydrogen) atoms. The highest BCUT2D eigenvalue weighted by Crippen LogP contribution is 2.10. The van der Waals surface area contributed by atoms with Gasteiger partial charge in [-0.2, -0.15) is 0 Å². The summed E-state index contributed by atoms with van der Waals surface area (Å²) in [5, 5.41) is 2.85. The van der Waals surface area contributed by atoms with Crippen molar-refractivity contribution in [3.63, 3.8) is 0 Å². The van der Waals surface area contributed by atoms with E-state index in [2.05, 4.69) is 15.3 Å². The lowest BCUT2D eigenvalue weighted by Gasteiger charge is -2.12. The summed E-state index contributed by atoms with van der Waals surface area (Å²) in [6, 6.07) is 5.53. The van der Waals surface area contributed by atoms with Crippen LogP contribution in [0.2, 0.25) is 0 Å². The van der Waals surface area contributed by atoms with Gasteiger partial charge in [0.2, 0.25) is 5.91 Å². The van der Waals surface area contributed by atoms with Crippen LogP contribution in [-0.2, 0) is 11.3 Å². The number of fused-ring (bicyclic) bond motifs is 1. The van der Waals surface area contributed by atoms with Crippen molar-refractivity contribution < 1.29 is 4.79 Å². The van der Waals surface area contributed by atoms with Crippen LogP contribution in [0.15, 0.2) is 23.0 Å². The number of carbonyl (C=O) groups excluding carboxylic acids is 1. The van der Waals surface area contributed by atoms with E-state index in [1.54, 1.807) is 0 Å². The molecule has 1 unspecified atom stereocenters. The quantitative estimate of drug-likeness (QED) is 0.629. The molecule has 1 atom stereocenters. The molecule has 0 aliphatic rings. The second-order valence-corrected chi connectivity index (χ2v) is 4.52. The molecule has 6 nitrogen and oxygen atoms in total. The largest absolute Gasteiger partial charge is 0.352 e. The van der Waals surface area contributed by atoms with Gasteiger partial charge in [-0.15, -0.1) is 0 Å². The Bertz CT molecular complexity index is 625. The molecule has 0 bridgehead atoms. The highest BCUT2D eigenvalue weighted by Gasteiger charge is 2.13. The molecule has 0 saturated heterocycles. The minimum atomic E-state index is -0.231. The Balaban J connectivity index is 2.05. The first-order chi connectivity index (χ1) is 9.13. The van der Waals surface area contributed by atoms with E-state index in [1.807, 2.05) is 25.1 Å². The Kier molecular flexibility index (Phi) is 4.01. The summed E-state index contributed by atoms with van der Waals surface area (Å²) in [4.78, 5) is 28.3. The molecule has 0 fully saturated rings. The van der Waals surface area contributed by atoms with Crippen LogP contribution in [0.4, 0.5) is 0 Å². The van der Waals surface area contributed by atoms with Gasteiger partial charge in [0.25, 0.3) is 0 Å². The zero-order valence-electron chi connectivity index (χ0n) is 10.8. The van der Waals surface area contributed by atoms with E-state index in [0.717, 1.165) is 23.0 Å². The monoisotopic (exact) mass is 262 g/mol. The maximum absolute atomic E-state index is 11.8. The van der Waals surface area contributed by atoms with Gasteiger partial charge in [-0.3, -0.25) is 4.79 Å². The molecule has 0 spiro atoms. The van der Waals surface area contributed by atoms with Crippen molar-refractivity contribution in [3.8, 4) is 0 Å². The van der Waals surface area contributed by atoms with Crippen molar-refractivity contribution in [3.05, 3.63) is 34.2 Å². The summed E-state index contributed by atoms with van der Waals surface area (Å²) in [5.74, 6) is -0.177. The van der Waals surface area contributed by atoms with E-state index in [-0.39, 0.29) is 17.5 Å². The highest BCUT2D eigenvalue weighted by atomic mass is 16.2. The molecular formula is C13H18N4O2. The lowest BCUT2D eigenvalue weighted by atomic mass is 10.1. The highest BCUT2D eigenvalue weighted by molar-refractivity contribution is 5.79. The van der Waals surface area contributed by atoms with Crippen molar-refractivity contribution in [2.75, 3.05) is 6.54 Å². The average molecular weight is 262 g/mol. The number of benzene rings is 1. The number of rotatable bonds is 5. The molecule has 6 heteroatoms. The Hall–Kier alpha value is -2.08. The van der Waals surface area contributed by atoms with Crippen LogP contribution < -0.4 is 16.7 Å². The minimum absolute atomic E-state index is 0.0346. The molecule has 0 radical (unpaired) electrons. The molecule has 0 saturated carbocycles. The maximum Gasteiger partial charge on any atom is 0.323 e. The Morgan fingerprint density at radius 2 is 2.11 bits per heavy atom. The van der Waals surface area contributed by atoms with E-state index in [4.69, 9.17) is 5.73 Å². The first kappa shape index (κ1) is 13.4. The smallest absolute Gasteiger partial charge is 0.323 e. The fourth-order valence-electron chi connectivity index (χ4n) is 1.98. The van der Waals surface area contributed by atoms with E-state index in [1.165, 1.54) is 0 Å². The zero-order chi connectivity index (χ0) is 13.8. The average Bonchev–Trinajstić information content (AvgIpc) is 2.77. The van der Waals surface area contributed by atoms with Crippen LogP contribution in [0.5, 0.6) is 0 Å². The molecule has 1 heterocycles. The first-order valence-electron chi connectivity index (χ1n) is 6.32. The predicted molar refractivity (Wildman–Crippen MR) is 73.6 cm³/mol. The van der Waals surface area contributed by atoms with Gasteiger partial charge in [0.1, 0.15) is 0 Å². The molecule has 1 aromatic carbocycles. The summed E-state index contributed by atoms with van der Waals surface area (Å²) >= 11 is 0. The van der Waals surface area contributed by atoms with Crippen molar-refractivity contribution in [1.29, 1.82) is 0 Å². The third kappa shape index (κ3) is 3.03. The number of hydrogen-bond donors (Lipinski definition) is 4. The Morgan fingerprint density at radius 3 is 2.79 bits per heavy atom. The third-order valence-corrected chi connectivity index (χ3v) is 3.20. The van der Waals surface area contributed by atoms with Gasteiger partial charge in [-0.1, -0.05) is 13.0 Å². The second-order valence-electron chi connectivity index (χ2n) is 4.52. The van der Waals surface area contributed by atoms with Crippen molar-refractivity contribution in [2.24, 2.45) is 11.7 Å². The molecule has 102 valence electrons. The van der Waals surface area contributed by atoms with E-state index in [9.17, 15) is 9.59 Å². The van der Waals surface area contributed by atoms with Gasteiger partial charge in [0.15, 0.2) is 0 Å². The number of aromatic nitrogens is 2. The Morgan fingerprint density at radius 1 is 1.37 bits per heavy atom. The summed E-state index contributed by atoms with van der Waals surface area (Å²) in [5.41, 5.74) is 7.72. The van der Waals surface area contributed by atoms with Crippen molar-refractivity contribution in [1.82, 2.24) is 15.3 Å². The molecule has 2 rings (SSSR count). The van der Waals surface area contributed by atoms with Gasteiger partial charge < -0.3 is 21.0 Å². The summed E-state index contributed by atoms with van der Waals surface area (Å²) in [7, 11) is 0. The van der Waals surface area contributed by atoms with Gasteiger partial charge in [-0.05, 0) is 24.1 Å². The van der Waals surface area contributed by atoms with E-state index >= 15 is 0 Å². The van der Waals surface area contributed by atoms with Gasteiger partial charge in [-0.25, -0.2) is 4.79 Å².